The van der Waals surface area contributed by atoms with Gasteiger partial charge in [0.2, 0.25) is 5.79 Å². The third-order valence-corrected chi connectivity index (χ3v) is 7.68. The Morgan fingerprint density at radius 3 is 2.63 bits per heavy atom. The van der Waals surface area contributed by atoms with Crippen LogP contribution >= 0.6 is 0 Å². The number of aromatic hydroxyl groups is 1. The zero-order valence-electron chi connectivity index (χ0n) is 17.6. The van der Waals surface area contributed by atoms with Crippen molar-refractivity contribution < 1.29 is 29.1 Å². The van der Waals surface area contributed by atoms with E-state index in [1.165, 1.54) is 0 Å². The molecule has 4 saturated heterocycles. The summed E-state index contributed by atoms with van der Waals surface area (Å²) < 4.78 is 18.9. The highest BCUT2D eigenvalue weighted by Crippen LogP contribution is 2.60. The number of hydrogen-bond acceptors (Lipinski definition) is 7. The molecule has 7 nitrogen and oxygen atoms in total. The molecule has 0 amide bonds. The minimum Gasteiger partial charge on any atom is -0.508 e. The van der Waals surface area contributed by atoms with Gasteiger partial charge in [-0.2, -0.15) is 5.26 Å². The van der Waals surface area contributed by atoms with Gasteiger partial charge < -0.3 is 19.3 Å². The zero-order valence-corrected chi connectivity index (χ0v) is 17.6. The number of rotatable bonds is 3. The quantitative estimate of drug-likeness (QED) is 0.741. The summed E-state index contributed by atoms with van der Waals surface area (Å²) in [5, 5.41) is 19.3. The maximum Gasteiger partial charge on any atom is 0.201 e. The highest BCUT2D eigenvalue weighted by Gasteiger charge is 2.69. The number of benzene rings is 1. The molecule has 1 aromatic carbocycles. The summed E-state index contributed by atoms with van der Waals surface area (Å²) in [5.41, 5.74) is 0.0320. The van der Waals surface area contributed by atoms with Gasteiger partial charge in [-0.3, -0.25) is 0 Å². The van der Waals surface area contributed by atoms with Crippen LogP contribution in [0, 0.1) is 35.0 Å². The van der Waals surface area contributed by atoms with Crippen LogP contribution in [0.5, 0.6) is 5.75 Å². The van der Waals surface area contributed by atoms with E-state index >= 15 is 0 Å². The molecule has 5 aliphatic rings. The second-order valence-corrected chi connectivity index (χ2v) is 9.51. The molecule has 1 saturated carbocycles. The van der Waals surface area contributed by atoms with Gasteiger partial charge >= 0.3 is 0 Å². The lowest BCUT2D eigenvalue weighted by molar-refractivity contribution is -0.578. The van der Waals surface area contributed by atoms with Crippen LogP contribution in [0.15, 0.2) is 24.3 Å². The molecule has 0 radical (unpaired) electrons. The first-order valence-electron chi connectivity index (χ1n) is 10.9. The molecule has 6 rings (SSSR count). The number of nitriles is 1. The van der Waals surface area contributed by atoms with Gasteiger partial charge in [0.25, 0.3) is 0 Å². The van der Waals surface area contributed by atoms with Crippen molar-refractivity contribution in [3.05, 3.63) is 29.8 Å². The number of nitrogens with zero attached hydrogens (tertiary/aromatic N) is 1. The molecule has 4 aliphatic heterocycles. The van der Waals surface area contributed by atoms with Gasteiger partial charge in [0.05, 0.1) is 6.07 Å². The minimum absolute atomic E-state index is 0.00105. The Morgan fingerprint density at radius 1 is 1.13 bits per heavy atom. The van der Waals surface area contributed by atoms with Gasteiger partial charge in [-0.15, -0.1) is 0 Å². The van der Waals surface area contributed by atoms with E-state index < -0.39 is 30.1 Å². The van der Waals surface area contributed by atoms with Crippen molar-refractivity contribution >= 4 is 0 Å². The van der Waals surface area contributed by atoms with Gasteiger partial charge in [0.1, 0.15) is 5.75 Å². The second-order valence-electron chi connectivity index (χ2n) is 9.51. The normalized spacial score (nSPS) is 45.8. The first-order valence-corrected chi connectivity index (χ1v) is 10.9. The molecule has 1 aliphatic carbocycles. The largest absolute Gasteiger partial charge is 0.508 e. The Bertz CT molecular complexity index is 839. The molecule has 4 heterocycles. The van der Waals surface area contributed by atoms with Crippen LogP contribution in [0.2, 0.25) is 0 Å². The Hall–Kier alpha value is -1.69. The minimum atomic E-state index is -0.839. The van der Waals surface area contributed by atoms with E-state index in [9.17, 15) is 10.4 Å². The number of ether oxygens (including phenoxy) is 3. The Balaban J connectivity index is 1.45. The van der Waals surface area contributed by atoms with Crippen LogP contribution in [0.4, 0.5) is 0 Å². The lowest BCUT2D eigenvalue weighted by Gasteiger charge is -2.60. The van der Waals surface area contributed by atoms with E-state index in [2.05, 4.69) is 19.9 Å². The lowest BCUT2D eigenvalue weighted by atomic mass is 9.58. The molecule has 9 atom stereocenters. The molecule has 1 aromatic rings. The van der Waals surface area contributed by atoms with Gasteiger partial charge in [0.15, 0.2) is 24.3 Å². The van der Waals surface area contributed by atoms with Crippen molar-refractivity contribution in [1.82, 2.24) is 0 Å². The highest BCUT2D eigenvalue weighted by molar-refractivity contribution is 5.29. The van der Waals surface area contributed by atoms with Crippen LogP contribution in [0.25, 0.3) is 0 Å². The molecule has 0 aromatic heterocycles. The van der Waals surface area contributed by atoms with Gasteiger partial charge in [-0.25, -0.2) is 9.78 Å². The maximum atomic E-state index is 9.73. The maximum absolute atomic E-state index is 9.73. The summed E-state index contributed by atoms with van der Waals surface area (Å²) in [6, 6.07) is 8.70. The number of hydrogen-bond donors (Lipinski definition) is 1. The van der Waals surface area contributed by atoms with E-state index in [1.807, 2.05) is 6.92 Å². The standard InChI is InChI=1S/C23H29NO6/c1-13-4-9-18-14(2)20(26-19(12-24)15-5-7-16(25)8-6-15)27-21-23(18)17(13)10-11-22(3,28-21)29-30-23/h5-8,13-14,17-21,25H,4,9-11H2,1-3H3/t13-,14-,17?,18?,19?,20+,21-,22+,23-/m1/s1. The summed E-state index contributed by atoms with van der Waals surface area (Å²) in [6.07, 6.45) is 1.80. The van der Waals surface area contributed by atoms with Crippen LogP contribution < -0.4 is 0 Å². The number of phenolic OH excluding ortho intramolecular Hbond substituents is 1. The van der Waals surface area contributed by atoms with Crippen molar-refractivity contribution in [2.24, 2.45) is 23.7 Å². The van der Waals surface area contributed by atoms with Crippen molar-refractivity contribution in [2.75, 3.05) is 0 Å². The Morgan fingerprint density at radius 2 is 1.90 bits per heavy atom. The molecular weight excluding hydrogens is 386 g/mol. The third kappa shape index (κ3) is 2.97. The van der Waals surface area contributed by atoms with Crippen molar-refractivity contribution in [1.29, 1.82) is 5.26 Å². The molecule has 1 spiro atoms. The fourth-order valence-electron chi connectivity index (χ4n) is 5.99. The smallest absolute Gasteiger partial charge is 0.201 e. The molecule has 2 bridgehead atoms. The summed E-state index contributed by atoms with van der Waals surface area (Å²) in [6.45, 7) is 6.27. The Labute approximate surface area is 176 Å². The van der Waals surface area contributed by atoms with E-state index in [-0.39, 0.29) is 23.5 Å². The van der Waals surface area contributed by atoms with Gasteiger partial charge in [-0.1, -0.05) is 26.0 Å². The van der Waals surface area contributed by atoms with Crippen molar-refractivity contribution in [2.45, 2.75) is 76.5 Å². The topological polar surface area (TPSA) is 90.2 Å². The fourth-order valence-corrected chi connectivity index (χ4v) is 5.99. The molecule has 7 heteroatoms. The van der Waals surface area contributed by atoms with E-state index in [1.54, 1.807) is 24.3 Å². The lowest BCUT2D eigenvalue weighted by Crippen LogP contribution is -2.70. The number of fused-ring (bicyclic) bond motifs is 2. The van der Waals surface area contributed by atoms with E-state index in [0.29, 0.717) is 11.5 Å². The predicted molar refractivity (Wildman–Crippen MR) is 104 cm³/mol. The SMILES string of the molecule is C[C@@H]1CCC2[C@@H](C)[C@@H](OC(C#N)c3ccc(O)cc3)O[C@@H]3O[C@]4(C)CCC1[C@@]23OO4. The zero-order chi connectivity index (χ0) is 21.1. The predicted octanol–water partition coefficient (Wildman–Crippen LogP) is 4.18. The first kappa shape index (κ1) is 20.2. The molecule has 3 unspecified atom stereocenters. The molecular formula is C23H29NO6. The van der Waals surface area contributed by atoms with Crippen LogP contribution in [-0.4, -0.2) is 29.1 Å². The average Bonchev–Trinajstić information content (AvgIpc) is 2.96. The van der Waals surface area contributed by atoms with E-state index in [0.717, 1.165) is 25.7 Å². The fraction of sp³-hybridized carbons (Fsp3) is 0.696. The van der Waals surface area contributed by atoms with Gasteiger partial charge in [0, 0.05) is 18.3 Å². The number of phenols is 1. The molecule has 30 heavy (non-hydrogen) atoms. The summed E-state index contributed by atoms with van der Waals surface area (Å²) in [7, 11) is 0. The molecule has 1 N–H and O–H groups in total. The van der Waals surface area contributed by atoms with Crippen molar-refractivity contribution in [3.8, 4) is 11.8 Å². The second kappa shape index (κ2) is 7.18. The molecule has 162 valence electrons. The highest BCUT2D eigenvalue weighted by atomic mass is 17.3. The average molecular weight is 415 g/mol. The van der Waals surface area contributed by atoms with Gasteiger partial charge in [-0.05, 0) is 55.7 Å². The monoisotopic (exact) mass is 415 g/mol. The Kier molecular flexibility index (Phi) is 4.84. The van der Waals surface area contributed by atoms with Crippen LogP contribution in [0.3, 0.4) is 0 Å². The molecule has 5 fully saturated rings. The first-order chi connectivity index (χ1) is 14.4. The van der Waals surface area contributed by atoms with Crippen LogP contribution in [-0.2, 0) is 24.0 Å². The summed E-state index contributed by atoms with van der Waals surface area (Å²) in [4.78, 5) is 12.0. The third-order valence-electron chi connectivity index (χ3n) is 7.68. The summed E-state index contributed by atoms with van der Waals surface area (Å²) in [5.74, 6) is 0.235. The summed E-state index contributed by atoms with van der Waals surface area (Å²) >= 11 is 0. The van der Waals surface area contributed by atoms with E-state index in [4.69, 9.17) is 24.0 Å². The van der Waals surface area contributed by atoms with Crippen molar-refractivity contribution in [3.63, 3.8) is 0 Å². The van der Waals surface area contributed by atoms with Crippen LogP contribution in [0.1, 0.15) is 58.1 Å².